The molecule has 0 bridgehead atoms. The van der Waals surface area contributed by atoms with E-state index >= 15 is 0 Å². The second-order valence-corrected chi connectivity index (χ2v) is 3.86. The van der Waals surface area contributed by atoms with E-state index in [1.54, 1.807) is 0 Å². The van der Waals surface area contributed by atoms with Gasteiger partial charge in [-0.25, -0.2) is 0 Å². The van der Waals surface area contributed by atoms with Crippen molar-refractivity contribution < 1.29 is 9.53 Å². The van der Waals surface area contributed by atoms with Gasteiger partial charge in [0.1, 0.15) is 12.4 Å². The predicted octanol–water partition coefficient (Wildman–Crippen LogP) is 2.01. The zero-order chi connectivity index (χ0) is 12.0. The van der Waals surface area contributed by atoms with Crippen LogP contribution >= 0.6 is 12.4 Å². The molecule has 0 aliphatic rings. The summed E-state index contributed by atoms with van der Waals surface area (Å²) in [5, 5.41) is 2.70. The van der Waals surface area contributed by atoms with Crippen LogP contribution in [0.5, 0.6) is 5.75 Å². The number of hydrogen-bond donors (Lipinski definition) is 1. The van der Waals surface area contributed by atoms with Crippen LogP contribution in [0.25, 0.3) is 0 Å². The van der Waals surface area contributed by atoms with Gasteiger partial charge in [0.15, 0.2) is 0 Å². The second-order valence-electron chi connectivity index (χ2n) is 3.86. The lowest BCUT2D eigenvalue weighted by Crippen LogP contribution is -2.19. The molecule has 1 rings (SSSR count). The Morgan fingerprint density at radius 1 is 1.29 bits per heavy atom. The van der Waals surface area contributed by atoms with Gasteiger partial charge in [-0.05, 0) is 38.4 Å². The van der Waals surface area contributed by atoms with E-state index in [0.717, 1.165) is 18.0 Å². The van der Waals surface area contributed by atoms with Crippen LogP contribution in [0.4, 0.5) is 5.69 Å². The largest absolute Gasteiger partial charge is 0.492 e. The fraction of sp³-hybridized carbons (Fsp3) is 0.417. The molecule has 96 valence electrons. The maximum atomic E-state index is 10.8. The van der Waals surface area contributed by atoms with Crippen LogP contribution in [0.1, 0.15) is 6.92 Å². The number of carbonyl (C=O) groups excluding carboxylic acids is 1. The lowest BCUT2D eigenvalue weighted by molar-refractivity contribution is -0.114. The Hall–Kier alpha value is -1.26. The molecule has 0 fully saturated rings. The lowest BCUT2D eigenvalue weighted by Gasteiger charge is -2.11. The smallest absolute Gasteiger partial charge is 0.221 e. The van der Waals surface area contributed by atoms with Crippen LogP contribution in [0.3, 0.4) is 0 Å². The number of amides is 1. The van der Waals surface area contributed by atoms with Gasteiger partial charge in [-0.2, -0.15) is 0 Å². The number of ether oxygens (including phenoxy) is 1. The molecule has 0 heterocycles. The number of benzene rings is 1. The van der Waals surface area contributed by atoms with E-state index in [9.17, 15) is 4.79 Å². The molecule has 0 aromatic heterocycles. The molecular weight excluding hydrogens is 240 g/mol. The maximum Gasteiger partial charge on any atom is 0.221 e. The number of halogens is 1. The van der Waals surface area contributed by atoms with E-state index < -0.39 is 0 Å². The Bertz CT molecular complexity index is 339. The van der Waals surface area contributed by atoms with E-state index in [-0.39, 0.29) is 18.3 Å². The SMILES string of the molecule is CC(=O)Nc1ccc(OCCN(C)C)cc1.Cl. The van der Waals surface area contributed by atoms with Crippen LogP contribution in [0.15, 0.2) is 24.3 Å². The topological polar surface area (TPSA) is 41.6 Å². The molecule has 5 heteroatoms. The van der Waals surface area contributed by atoms with Crippen LogP contribution in [0, 0.1) is 0 Å². The molecule has 1 aromatic rings. The third kappa shape index (κ3) is 6.81. The molecule has 0 aliphatic carbocycles. The Morgan fingerprint density at radius 2 is 1.88 bits per heavy atom. The Morgan fingerprint density at radius 3 is 2.35 bits per heavy atom. The lowest BCUT2D eigenvalue weighted by atomic mass is 10.3. The first-order valence-electron chi connectivity index (χ1n) is 5.23. The number of anilines is 1. The van der Waals surface area contributed by atoms with Crippen LogP contribution < -0.4 is 10.1 Å². The molecular formula is C12H19ClN2O2. The highest BCUT2D eigenvalue weighted by atomic mass is 35.5. The monoisotopic (exact) mass is 258 g/mol. The van der Waals surface area contributed by atoms with E-state index in [4.69, 9.17) is 4.74 Å². The summed E-state index contributed by atoms with van der Waals surface area (Å²) in [6.07, 6.45) is 0. The third-order valence-corrected chi connectivity index (χ3v) is 1.98. The van der Waals surface area contributed by atoms with Gasteiger partial charge < -0.3 is 15.0 Å². The Labute approximate surface area is 108 Å². The van der Waals surface area contributed by atoms with Crippen molar-refractivity contribution in [1.29, 1.82) is 0 Å². The number of hydrogen-bond acceptors (Lipinski definition) is 3. The van der Waals surface area contributed by atoms with Gasteiger partial charge in [-0.15, -0.1) is 12.4 Å². The number of carbonyl (C=O) groups is 1. The first-order chi connectivity index (χ1) is 7.58. The molecule has 0 spiro atoms. The normalized spacial score (nSPS) is 9.65. The zero-order valence-electron chi connectivity index (χ0n) is 10.4. The van der Waals surface area contributed by atoms with Gasteiger partial charge in [0, 0.05) is 19.2 Å². The highest BCUT2D eigenvalue weighted by Crippen LogP contribution is 2.15. The summed E-state index contributed by atoms with van der Waals surface area (Å²) < 4.78 is 5.52. The molecule has 0 saturated heterocycles. The summed E-state index contributed by atoms with van der Waals surface area (Å²) >= 11 is 0. The van der Waals surface area contributed by atoms with Crippen LogP contribution in [-0.2, 0) is 4.79 Å². The van der Waals surface area contributed by atoms with Crippen molar-refractivity contribution in [3.63, 3.8) is 0 Å². The van der Waals surface area contributed by atoms with Crippen LogP contribution in [0.2, 0.25) is 0 Å². The van der Waals surface area contributed by atoms with Gasteiger partial charge in [0.05, 0.1) is 0 Å². The summed E-state index contributed by atoms with van der Waals surface area (Å²) in [6, 6.07) is 7.35. The maximum absolute atomic E-state index is 10.8. The number of nitrogens with one attached hydrogen (secondary N) is 1. The molecule has 1 amide bonds. The quantitative estimate of drug-likeness (QED) is 0.879. The first kappa shape index (κ1) is 15.7. The third-order valence-electron chi connectivity index (χ3n) is 1.98. The average Bonchev–Trinajstić information content (AvgIpc) is 2.19. The Kier molecular flexibility index (Phi) is 7.34. The second kappa shape index (κ2) is 7.92. The van der Waals surface area contributed by atoms with Crippen molar-refractivity contribution in [2.45, 2.75) is 6.92 Å². The fourth-order valence-corrected chi connectivity index (χ4v) is 1.18. The van der Waals surface area contributed by atoms with E-state index in [2.05, 4.69) is 10.2 Å². The standard InChI is InChI=1S/C12H18N2O2.ClH/c1-10(15)13-11-4-6-12(7-5-11)16-9-8-14(2)3;/h4-7H,8-9H2,1-3H3,(H,13,15);1H. The van der Waals surface area contributed by atoms with E-state index in [1.165, 1.54) is 6.92 Å². The summed E-state index contributed by atoms with van der Waals surface area (Å²) in [4.78, 5) is 12.9. The number of rotatable bonds is 5. The highest BCUT2D eigenvalue weighted by Gasteiger charge is 1.97. The molecule has 0 aliphatic heterocycles. The van der Waals surface area contributed by atoms with Crippen LogP contribution in [-0.4, -0.2) is 38.1 Å². The van der Waals surface area contributed by atoms with Crippen molar-refractivity contribution in [1.82, 2.24) is 4.90 Å². The van der Waals surface area contributed by atoms with Crippen molar-refractivity contribution in [2.75, 3.05) is 32.6 Å². The molecule has 1 aromatic carbocycles. The minimum absolute atomic E-state index is 0. The minimum Gasteiger partial charge on any atom is -0.492 e. The van der Waals surface area contributed by atoms with Gasteiger partial charge in [0.25, 0.3) is 0 Å². The molecule has 4 nitrogen and oxygen atoms in total. The summed E-state index contributed by atoms with van der Waals surface area (Å²) in [7, 11) is 4.01. The summed E-state index contributed by atoms with van der Waals surface area (Å²) in [6.45, 7) is 3.03. The van der Waals surface area contributed by atoms with Crippen molar-refractivity contribution in [2.24, 2.45) is 0 Å². The predicted molar refractivity (Wildman–Crippen MR) is 72.0 cm³/mol. The van der Waals surface area contributed by atoms with Gasteiger partial charge in [-0.1, -0.05) is 0 Å². The molecule has 0 unspecified atom stereocenters. The van der Waals surface area contributed by atoms with E-state index in [1.807, 2.05) is 38.4 Å². The fourth-order valence-electron chi connectivity index (χ4n) is 1.18. The van der Waals surface area contributed by atoms with Gasteiger partial charge >= 0.3 is 0 Å². The molecule has 1 N–H and O–H groups in total. The van der Waals surface area contributed by atoms with Gasteiger partial charge in [0.2, 0.25) is 5.91 Å². The number of nitrogens with zero attached hydrogens (tertiary/aromatic N) is 1. The molecule has 17 heavy (non-hydrogen) atoms. The van der Waals surface area contributed by atoms with Crippen molar-refractivity contribution in [3.8, 4) is 5.75 Å². The Balaban J connectivity index is 0.00000256. The van der Waals surface area contributed by atoms with Crippen molar-refractivity contribution in [3.05, 3.63) is 24.3 Å². The molecule has 0 atom stereocenters. The minimum atomic E-state index is -0.0683. The summed E-state index contributed by atoms with van der Waals surface area (Å²) in [5.41, 5.74) is 0.785. The van der Waals surface area contributed by atoms with E-state index in [0.29, 0.717) is 6.61 Å². The zero-order valence-corrected chi connectivity index (χ0v) is 11.2. The van der Waals surface area contributed by atoms with Crippen molar-refractivity contribution >= 4 is 24.0 Å². The average molecular weight is 259 g/mol. The molecule has 0 radical (unpaired) electrons. The number of likely N-dealkylation sites (N-methyl/N-ethyl adjacent to an activating group) is 1. The summed E-state index contributed by atoms with van der Waals surface area (Å²) in [5.74, 6) is 0.747. The first-order valence-corrected chi connectivity index (χ1v) is 5.23. The molecule has 0 saturated carbocycles. The van der Waals surface area contributed by atoms with Gasteiger partial charge in [-0.3, -0.25) is 4.79 Å². The highest BCUT2D eigenvalue weighted by molar-refractivity contribution is 5.88.